The molecule has 0 aliphatic carbocycles. The highest BCUT2D eigenvalue weighted by atomic mass is 16.5. The number of anilines is 2. The Hall–Kier alpha value is -8.50. The van der Waals surface area contributed by atoms with Crippen LogP contribution in [0.5, 0.6) is 17.2 Å². The number of H-pyrrole nitrogens is 2. The predicted molar refractivity (Wildman–Crippen MR) is 307 cm³/mol. The third kappa shape index (κ3) is 13.5. The number of carbonyl (C=O) groups is 2. The molecule has 6 aromatic carbocycles. The van der Waals surface area contributed by atoms with Crippen molar-refractivity contribution in [3.63, 3.8) is 0 Å². The number of aromatic amines is 2. The topological polar surface area (TPSA) is 209 Å². The van der Waals surface area contributed by atoms with E-state index in [-0.39, 0.29) is 23.1 Å². The molecule has 0 bridgehead atoms. The number of benzene rings is 6. The van der Waals surface area contributed by atoms with Crippen LogP contribution in [0, 0.1) is 10.8 Å². The predicted octanol–water partition coefficient (Wildman–Crippen LogP) is 9.20. The zero-order valence-electron chi connectivity index (χ0n) is 45.1. The summed E-state index contributed by atoms with van der Waals surface area (Å²) in [6, 6.07) is 48.6. The summed E-state index contributed by atoms with van der Waals surface area (Å²) < 4.78 is 16.4. The molecule has 1 amide bonds. The van der Waals surface area contributed by atoms with E-state index in [1.165, 1.54) is 12.7 Å². The molecule has 16 nitrogen and oxygen atoms in total. The van der Waals surface area contributed by atoms with E-state index in [2.05, 4.69) is 32.0 Å². The Balaban J connectivity index is 0.000000183. The molecule has 0 saturated carbocycles. The molecule has 10 rings (SSSR count). The van der Waals surface area contributed by atoms with Gasteiger partial charge < -0.3 is 39.8 Å². The summed E-state index contributed by atoms with van der Waals surface area (Å²) in [6.45, 7) is 7.29. The molecule has 2 fully saturated rings. The zero-order chi connectivity index (χ0) is 55.2. The number of nitrogens with two attached hydrogens (primary N) is 1. The van der Waals surface area contributed by atoms with Gasteiger partial charge >= 0.3 is 5.97 Å². The number of carboxylic acid groups (broad SMARTS) is 1. The van der Waals surface area contributed by atoms with Gasteiger partial charge in [-0.3, -0.25) is 29.1 Å². The highest BCUT2D eigenvalue weighted by Gasteiger charge is 2.44. The Bertz CT molecular complexity index is 3380. The molecule has 78 heavy (non-hydrogen) atoms. The van der Waals surface area contributed by atoms with E-state index in [1.54, 1.807) is 31.4 Å². The fourth-order valence-electron chi connectivity index (χ4n) is 10.4. The Labute approximate surface area is 454 Å². The maximum Gasteiger partial charge on any atom is 0.310 e. The fourth-order valence-corrected chi connectivity index (χ4v) is 10.4. The van der Waals surface area contributed by atoms with E-state index in [9.17, 15) is 24.3 Å². The summed E-state index contributed by atoms with van der Waals surface area (Å²) in [5, 5.41) is 10.9. The number of piperidine rings is 2. The lowest BCUT2D eigenvalue weighted by Gasteiger charge is -2.43. The van der Waals surface area contributed by atoms with E-state index >= 15 is 0 Å². The van der Waals surface area contributed by atoms with Gasteiger partial charge in [0.15, 0.2) is 11.5 Å². The fraction of sp³-hybridized carbons (Fsp3) is 0.323. The quantitative estimate of drug-likeness (QED) is 0.0756. The van der Waals surface area contributed by atoms with Crippen molar-refractivity contribution >= 4 is 45.6 Å². The van der Waals surface area contributed by atoms with Gasteiger partial charge in [-0.25, -0.2) is 9.97 Å². The van der Waals surface area contributed by atoms with Crippen LogP contribution >= 0.6 is 0 Å². The summed E-state index contributed by atoms with van der Waals surface area (Å²) in [5.74, 6) is 1.98. The molecular formula is C62H70N8O8. The second kappa shape index (κ2) is 25.6. The molecule has 5 N–H and O–H groups in total. The van der Waals surface area contributed by atoms with Crippen LogP contribution in [-0.2, 0) is 35.5 Å². The Morgan fingerprint density at radius 3 is 1.51 bits per heavy atom. The molecule has 0 atom stereocenters. The molecule has 16 heteroatoms. The highest BCUT2D eigenvalue weighted by molar-refractivity contribution is 5.85. The summed E-state index contributed by atoms with van der Waals surface area (Å²) in [7, 11) is 4.98. The van der Waals surface area contributed by atoms with Crippen molar-refractivity contribution in [1.29, 1.82) is 0 Å². The first-order chi connectivity index (χ1) is 37.7. The van der Waals surface area contributed by atoms with Crippen LogP contribution in [-0.4, -0.2) is 95.4 Å². The molecule has 2 aliphatic rings. The number of fused-ring (bicyclic) bond motifs is 2. The molecular weight excluding hydrogens is 985 g/mol. The molecule has 406 valence electrons. The van der Waals surface area contributed by atoms with Gasteiger partial charge in [-0.05, 0) is 98.9 Å². The maximum absolute atomic E-state index is 14.0. The third-order valence-electron chi connectivity index (χ3n) is 14.6. The van der Waals surface area contributed by atoms with Gasteiger partial charge in [0.05, 0.1) is 53.0 Å². The van der Waals surface area contributed by atoms with Gasteiger partial charge in [-0.15, -0.1) is 0 Å². The van der Waals surface area contributed by atoms with Gasteiger partial charge in [-0.1, -0.05) is 121 Å². The summed E-state index contributed by atoms with van der Waals surface area (Å²) >= 11 is 0. The molecule has 4 heterocycles. The van der Waals surface area contributed by atoms with Gasteiger partial charge in [0.2, 0.25) is 17.8 Å². The number of hydrogen-bond donors (Lipinski definition) is 4. The number of rotatable bonds is 15. The van der Waals surface area contributed by atoms with Crippen LogP contribution in [0.4, 0.5) is 11.9 Å². The Kier molecular flexibility index (Phi) is 18.3. The average Bonchev–Trinajstić information content (AvgIpc) is 3.50. The Morgan fingerprint density at radius 1 is 0.615 bits per heavy atom. The van der Waals surface area contributed by atoms with Crippen molar-refractivity contribution < 1.29 is 28.9 Å². The number of aliphatic carboxylic acids is 1. The molecule has 0 unspecified atom stereocenters. The molecule has 8 aromatic rings. The van der Waals surface area contributed by atoms with Gasteiger partial charge in [-0.2, -0.15) is 0 Å². The first kappa shape index (κ1) is 55.7. The number of carbonyl (C=O) groups excluding carboxylic acids is 1. The lowest BCUT2D eigenvalue weighted by atomic mass is 9.72. The summed E-state index contributed by atoms with van der Waals surface area (Å²) in [6.07, 6.45) is 3.44. The summed E-state index contributed by atoms with van der Waals surface area (Å²) in [5.41, 5.74) is 9.11. The number of ether oxygens (including phenoxy) is 3. The number of nitrogens with one attached hydrogen (secondary N) is 2. The minimum atomic E-state index is -0.807. The van der Waals surface area contributed by atoms with Crippen LogP contribution in [0.15, 0.2) is 161 Å². The largest absolute Gasteiger partial charge is 0.493 e. The van der Waals surface area contributed by atoms with Crippen molar-refractivity contribution in [2.75, 3.05) is 57.2 Å². The van der Waals surface area contributed by atoms with Crippen LogP contribution in [0.25, 0.3) is 21.8 Å². The highest BCUT2D eigenvalue weighted by Crippen LogP contribution is 2.40. The number of aromatic nitrogens is 4. The number of methoxy groups -OCH3 is 2. The van der Waals surface area contributed by atoms with E-state index in [1.807, 2.05) is 146 Å². The van der Waals surface area contributed by atoms with Crippen molar-refractivity contribution in [3.05, 3.63) is 195 Å². The van der Waals surface area contributed by atoms with Crippen LogP contribution in [0.2, 0.25) is 0 Å². The SMILES string of the molecule is CC(C)Oc1ccc2nc(N3CCC(Cc4ccccc4)(C(=O)O)CC3)[nH]c(=O)c2c1.COc1cc2nc(N3CCC(Cc4ccccc4)(C(=O)N(C)Cc4ccccc4)CC3)[nH]c(=O)c2cc1OC.NCc1ccccc1. The van der Waals surface area contributed by atoms with E-state index in [0.717, 1.165) is 16.7 Å². The minimum Gasteiger partial charge on any atom is -0.493 e. The average molecular weight is 1060 g/mol. The lowest BCUT2D eigenvalue weighted by Crippen LogP contribution is -2.50. The standard InChI is InChI=1S/C31H34N4O4.C24H27N3O4.C7H9N/c1-34(21-23-12-8-5-9-13-23)29(37)31(20-22-10-6-4-7-11-22)14-16-35(17-15-31)30-32-25-19-27(39-3)26(38-2)18-24(25)28(36)33-30;1-16(2)31-18-8-9-20-19(14-18)21(28)26-23(25-20)27-12-10-24(11-13-27,22(29)30)15-17-6-4-3-5-7-17;8-6-7-4-2-1-3-5-7/h4-13,18-19H,14-17,20-21H2,1-3H3,(H,32,33,36);3-9,14,16H,10-13,15H2,1-2H3,(H,29,30)(H,25,26,28);1-5H,6,8H2. The molecule has 2 aromatic heterocycles. The second-order valence-electron chi connectivity index (χ2n) is 20.4. The van der Waals surface area contributed by atoms with E-state index < -0.39 is 16.8 Å². The summed E-state index contributed by atoms with van der Waals surface area (Å²) in [4.78, 5) is 72.9. The van der Waals surface area contributed by atoms with E-state index in [0.29, 0.717) is 129 Å². The van der Waals surface area contributed by atoms with Crippen molar-refractivity contribution in [1.82, 2.24) is 24.8 Å². The van der Waals surface area contributed by atoms with Gasteiger partial charge in [0.25, 0.3) is 11.1 Å². The number of carboxylic acids is 1. The van der Waals surface area contributed by atoms with Gasteiger partial charge in [0, 0.05) is 52.4 Å². The number of nitrogens with zero attached hydrogens (tertiary/aromatic N) is 5. The van der Waals surface area contributed by atoms with Crippen molar-refractivity contribution in [2.24, 2.45) is 16.6 Å². The Morgan fingerprint density at radius 2 is 1.05 bits per heavy atom. The normalized spacial score (nSPS) is 14.6. The van der Waals surface area contributed by atoms with Crippen LogP contribution in [0.3, 0.4) is 0 Å². The maximum atomic E-state index is 14.0. The van der Waals surface area contributed by atoms with Crippen molar-refractivity contribution in [2.45, 2.75) is 71.6 Å². The van der Waals surface area contributed by atoms with Crippen molar-refractivity contribution in [3.8, 4) is 17.2 Å². The lowest BCUT2D eigenvalue weighted by molar-refractivity contribution is -0.150. The van der Waals surface area contributed by atoms with Crippen LogP contribution < -0.4 is 40.9 Å². The molecule has 2 aliphatic heterocycles. The van der Waals surface area contributed by atoms with E-state index in [4.69, 9.17) is 24.9 Å². The molecule has 2 saturated heterocycles. The van der Waals surface area contributed by atoms with Gasteiger partial charge in [0.1, 0.15) is 5.75 Å². The number of hydrogen-bond acceptors (Lipinski definition) is 12. The molecule has 0 spiro atoms. The first-order valence-electron chi connectivity index (χ1n) is 26.4. The third-order valence-corrected chi connectivity index (χ3v) is 14.6. The van der Waals surface area contributed by atoms with Crippen LogP contribution in [0.1, 0.15) is 61.8 Å². The number of amides is 1. The zero-order valence-corrected chi connectivity index (χ0v) is 45.1. The smallest absolute Gasteiger partial charge is 0.310 e. The first-order valence-corrected chi connectivity index (χ1v) is 26.4. The minimum absolute atomic E-state index is 0.0162. The molecule has 0 radical (unpaired) electrons. The second-order valence-corrected chi connectivity index (χ2v) is 20.4. The monoisotopic (exact) mass is 1050 g/mol.